The molecule has 1 atom stereocenters. The van der Waals surface area contributed by atoms with Crippen LogP contribution in [0.5, 0.6) is 0 Å². The first kappa shape index (κ1) is 18.6. The van der Waals surface area contributed by atoms with Crippen molar-refractivity contribution in [1.29, 1.82) is 0 Å². The lowest BCUT2D eigenvalue weighted by atomic mass is 10.1. The highest BCUT2D eigenvalue weighted by Crippen LogP contribution is 2.29. The van der Waals surface area contributed by atoms with E-state index in [2.05, 4.69) is 20.8 Å². The van der Waals surface area contributed by atoms with E-state index in [1.807, 2.05) is 30.3 Å². The van der Waals surface area contributed by atoms with Crippen molar-refractivity contribution >= 4 is 34.3 Å². The van der Waals surface area contributed by atoms with Crippen LogP contribution in [0.2, 0.25) is 0 Å². The Bertz CT molecular complexity index is 1090. The summed E-state index contributed by atoms with van der Waals surface area (Å²) in [6.07, 6.45) is 0.244. The number of carbonyl (C=O) groups is 3. The normalized spacial score (nSPS) is 16.3. The molecule has 2 N–H and O–H groups in total. The van der Waals surface area contributed by atoms with E-state index in [1.165, 1.54) is 0 Å². The molecule has 4 rings (SSSR count). The first-order valence-electron chi connectivity index (χ1n) is 9.21. The van der Waals surface area contributed by atoms with Crippen LogP contribution in [0, 0.1) is 6.92 Å². The first-order chi connectivity index (χ1) is 14.0. The molecule has 9 nitrogen and oxygen atoms in total. The van der Waals surface area contributed by atoms with E-state index >= 15 is 0 Å². The zero-order valence-corrected chi connectivity index (χ0v) is 15.7. The molecule has 2 heterocycles. The number of imide groups is 1. The molecule has 0 spiro atoms. The van der Waals surface area contributed by atoms with Gasteiger partial charge in [-0.1, -0.05) is 41.6 Å². The van der Waals surface area contributed by atoms with E-state index in [0.29, 0.717) is 30.4 Å². The molecule has 29 heavy (non-hydrogen) atoms. The van der Waals surface area contributed by atoms with Crippen molar-refractivity contribution in [2.45, 2.75) is 25.8 Å². The van der Waals surface area contributed by atoms with Gasteiger partial charge in [0.05, 0.1) is 12.1 Å². The molecule has 0 radical (unpaired) electrons. The van der Waals surface area contributed by atoms with Gasteiger partial charge in [0.15, 0.2) is 5.82 Å². The third kappa shape index (κ3) is 3.79. The summed E-state index contributed by atoms with van der Waals surface area (Å²) in [4.78, 5) is 42.6. The maximum absolute atomic E-state index is 12.8. The second-order valence-electron chi connectivity index (χ2n) is 6.71. The Labute approximate surface area is 166 Å². The third-order valence-corrected chi connectivity index (χ3v) is 4.65. The zero-order chi connectivity index (χ0) is 20.4. The number of nitrogens with one attached hydrogen (secondary N) is 2. The van der Waals surface area contributed by atoms with Crippen molar-refractivity contribution in [2.24, 2.45) is 0 Å². The van der Waals surface area contributed by atoms with Gasteiger partial charge in [-0.05, 0) is 18.4 Å². The number of rotatable bonds is 6. The smallest absolute Gasteiger partial charge is 0.329 e. The van der Waals surface area contributed by atoms with E-state index < -0.39 is 18.0 Å². The SMILES string of the molecule is Cc1noc(CCNC(=O)CC2NC(=O)N(c3cccc4ccccc34)C2=O)n1. The molecule has 1 aliphatic heterocycles. The third-order valence-electron chi connectivity index (χ3n) is 4.65. The van der Waals surface area contributed by atoms with Gasteiger partial charge in [-0.25, -0.2) is 9.69 Å². The van der Waals surface area contributed by atoms with E-state index in [9.17, 15) is 14.4 Å². The fourth-order valence-corrected chi connectivity index (χ4v) is 3.31. The number of aromatic nitrogens is 2. The largest absolute Gasteiger partial charge is 0.356 e. The van der Waals surface area contributed by atoms with Gasteiger partial charge < -0.3 is 15.2 Å². The zero-order valence-electron chi connectivity index (χ0n) is 15.7. The molecular formula is C20H19N5O4. The van der Waals surface area contributed by atoms with Gasteiger partial charge in [0.25, 0.3) is 5.91 Å². The summed E-state index contributed by atoms with van der Waals surface area (Å²) in [5.74, 6) is 0.156. The Morgan fingerprint density at radius 3 is 2.79 bits per heavy atom. The van der Waals surface area contributed by atoms with Crippen LogP contribution < -0.4 is 15.5 Å². The highest BCUT2D eigenvalue weighted by Gasteiger charge is 2.40. The quantitative estimate of drug-likeness (QED) is 0.616. The topological polar surface area (TPSA) is 117 Å². The molecule has 0 aliphatic carbocycles. The van der Waals surface area contributed by atoms with Gasteiger partial charge in [-0.2, -0.15) is 4.98 Å². The highest BCUT2D eigenvalue weighted by molar-refractivity contribution is 6.24. The van der Waals surface area contributed by atoms with Crippen LogP contribution in [-0.2, 0) is 16.0 Å². The number of urea groups is 1. The van der Waals surface area contributed by atoms with E-state index in [0.717, 1.165) is 15.7 Å². The number of hydrogen-bond acceptors (Lipinski definition) is 6. The van der Waals surface area contributed by atoms with Crippen molar-refractivity contribution in [3.8, 4) is 0 Å². The lowest BCUT2D eigenvalue weighted by Crippen LogP contribution is -2.37. The van der Waals surface area contributed by atoms with Gasteiger partial charge in [0.1, 0.15) is 6.04 Å². The number of hydrogen-bond donors (Lipinski definition) is 2. The Morgan fingerprint density at radius 2 is 2.00 bits per heavy atom. The van der Waals surface area contributed by atoms with Crippen LogP contribution in [0.1, 0.15) is 18.1 Å². The van der Waals surface area contributed by atoms with Gasteiger partial charge >= 0.3 is 6.03 Å². The van der Waals surface area contributed by atoms with Crippen molar-refractivity contribution in [2.75, 3.05) is 11.4 Å². The van der Waals surface area contributed by atoms with Gasteiger partial charge in [-0.15, -0.1) is 0 Å². The maximum Gasteiger partial charge on any atom is 0.329 e. The van der Waals surface area contributed by atoms with Crippen LogP contribution in [-0.4, -0.2) is 40.6 Å². The molecule has 9 heteroatoms. The van der Waals surface area contributed by atoms with Gasteiger partial charge in [0, 0.05) is 18.4 Å². The van der Waals surface area contributed by atoms with Crippen LogP contribution in [0.15, 0.2) is 47.0 Å². The fourth-order valence-electron chi connectivity index (χ4n) is 3.31. The molecule has 0 saturated carbocycles. The second-order valence-corrected chi connectivity index (χ2v) is 6.71. The van der Waals surface area contributed by atoms with Crippen LogP contribution >= 0.6 is 0 Å². The molecule has 1 aromatic heterocycles. The van der Waals surface area contributed by atoms with Crippen LogP contribution in [0.25, 0.3) is 10.8 Å². The van der Waals surface area contributed by atoms with Crippen molar-refractivity contribution < 1.29 is 18.9 Å². The minimum absolute atomic E-state index is 0.144. The van der Waals surface area contributed by atoms with Crippen molar-refractivity contribution in [3.63, 3.8) is 0 Å². The lowest BCUT2D eigenvalue weighted by molar-refractivity contribution is -0.125. The predicted octanol–water partition coefficient (Wildman–Crippen LogP) is 1.71. The molecule has 3 aromatic rings. The molecule has 1 aliphatic rings. The summed E-state index contributed by atoms with van der Waals surface area (Å²) < 4.78 is 4.98. The summed E-state index contributed by atoms with van der Waals surface area (Å²) in [5.41, 5.74) is 0.500. The average molecular weight is 393 g/mol. The number of fused-ring (bicyclic) bond motifs is 1. The number of anilines is 1. The molecule has 2 aromatic carbocycles. The van der Waals surface area contributed by atoms with Crippen LogP contribution in [0.3, 0.4) is 0 Å². The standard InChI is InChI=1S/C20H19N5O4/c1-12-22-18(29-24-12)9-10-21-17(26)11-15-19(27)25(20(28)23-15)16-8-4-6-13-5-2-3-7-14(13)16/h2-8,15H,9-11H2,1H3,(H,21,26)(H,23,28). The number of nitrogens with zero attached hydrogens (tertiary/aromatic N) is 3. The Hall–Kier alpha value is -3.75. The lowest BCUT2D eigenvalue weighted by Gasteiger charge is -2.15. The molecule has 1 unspecified atom stereocenters. The maximum atomic E-state index is 12.8. The van der Waals surface area contributed by atoms with Gasteiger partial charge in [-0.3, -0.25) is 9.59 Å². The molecule has 1 fully saturated rings. The molecule has 4 amide bonds. The molecule has 1 saturated heterocycles. The second kappa shape index (κ2) is 7.70. The first-order valence-corrected chi connectivity index (χ1v) is 9.21. The Morgan fingerprint density at radius 1 is 1.21 bits per heavy atom. The number of aryl methyl sites for hydroxylation is 1. The van der Waals surface area contributed by atoms with Gasteiger partial charge in [0.2, 0.25) is 11.8 Å². The predicted molar refractivity (Wildman–Crippen MR) is 104 cm³/mol. The van der Waals surface area contributed by atoms with E-state index in [-0.39, 0.29) is 12.3 Å². The minimum atomic E-state index is -0.910. The highest BCUT2D eigenvalue weighted by atomic mass is 16.5. The molecule has 0 bridgehead atoms. The minimum Gasteiger partial charge on any atom is -0.356 e. The summed E-state index contributed by atoms with van der Waals surface area (Å²) >= 11 is 0. The molecular weight excluding hydrogens is 374 g/mol. The summed E-state index contributed by atoms with van der Waals surface area (Å²) in [7, 11) is 0. The van der Waals surface area contributed by atoms with Crippen molar-refractivity contribution in [1.82, 2.24) is 20.8 Å². The van der Waals surface area contributed by atoms with E-state index in [1.54, 1.807) is 19.1 Å². The monoisotopic (exact) mass is 393 g/mol. The Kier molecular flexibility index (Phi) is 4.94. The summed E-state index contributed by atoms with van der Waals surface area (Å²) in [5, 5.41) is 10.7. The average Bonchev–Trinajstić information content (AvgIpc) is 3.24. The number of benzene rings is 2. The van der Waals surface area contributed by atoms with E-state index in [4.69, 9.17) is 4.52 Å². The Balaban J connectivity index is 1.40. The number of carbonyl (C=O) groups excluding carboxylic acids is 3. The number of amides is 4. The molecule has 148 valence electrons. The summed E-state index contributed by atoms with van der Waals surface area (Å²) in [6.45, 7) is 2.00. The summed E-state index contributed by atoms with van der Waals surface area (Å²) in [6, 6.07) is 11.5. The van der Waals surface area contributed by atoms with Crippen molar-refractivity contribution in [3.05, 3.63) is 54.2 Å². The fraction of sp³-hybridized carbons (Fsp3) is 0.250. The van der Waals surface area contributed by atoms with Crippen LogP contribution in [0.4, 0.5) is 10.5 Å².